The van der Waals surface area contributed by atoms with Crippen LogP contribution in [-0.4, -0.2) is 28.2 Å². The third-order valence-electron chi connectivity index (χ3n) is 6.34. The van der Waals surface area contributed by atoms with Gasteiger partial charge in [0, 0.05) is 23.7 Å². The predicted molar refractivity (Wildman–Crippen MR) is 107 cm³/mol. The van der Waals surface area contributed by atoms with Crippen LogP contribution < -0.4 is 0 Å². The lowest BCUT2D eigenvalue weighted by Crippen LogP contribution is -2.40. The molecule has 26 heavy (non-hydrogen) atoms. The van der Waals surface area contributed by atoms with Gasteiger partial charge in [-0.25, -0.2) is 0 Å². The number of rotatable bonds is 11. The molecule has 0 saturated heterocycles. The summed E-state index contributed by atoms with van der Waals surface area (Å²) < 4.78 is 0. The van der Waals surface area contributed by atoms with Gasteiger partial charge in [0.15, 0.2) is 0 Å². The average molecular weight is 361 g/mol. The Morgan fingerprint density at radius 1 is 1.31 bits per heavy atom. The van der Waals surface area contributed by atoms with Crippen LogP contribution in [0.2, 0.25) is 0 Å². The van der Waals surface area contributed by atoms with Crippen LogP contribution in [0.4, 0.5) is 0 Å². The Kier molecular flexibility index (Phi) is 8.30. The summed E-state index contributed by atoms with van der Waals surface area (Å²) in [6.45, 7) is 5.99. The highest BCUT2D eigenvalue weighted by Crippen LogP contribution is 2.48. The first-order chi connectivity index (χ1) is 12.5. The first-order valence-electron chi connectivity index (χ1n) is 10.4. The molecule has 0 aromatic heterocycles. The minimum atomic E-state index is -0.587. The van der Waals surface area contributed by atoms with Crippen LogP contribution in [0.3, 0.4) is 0 Å². The molecule has 2 saturated carbocycles. The fourth-order valence-electron chi connectivity index (χ4n) is 4.42. The molecule has 2 rings (SSSR count). The molecule has 0 radical (unpaired) electrons. The van der Waals surface area contributed by atoms with Gasteiger partial charge in [-0.1, -0.05) is 56.6 Å². The Bertz CT molecular complexity index is 516. The van der Waals surface area contributed by atoms with E-state index in [1.807, 2.05) is 18.2 Å². The quantitative estimate of drug-likeness (QED) is 0.413. The number of hydrogen-bond donors (Lipinski definition) is 2. The van der Waals surface area contributed by atoms with Gasteiger partial charge in [-0.3, -0.25) is 4.79 Å². The summed E-state index contributed by atoms with van der Waals surface area (Å²) in [6, 6.07) is 0. The lowest BCUT2D eigenvalue weighted by Gasteiger charge is -2.45. The molecular formula is C23H36O3. The molecule has 1 unspecified atom stereocenters. The number of carbonyl (C=O) groups is 1. The van der Waals surface area contributed by atoms with E-state index in [-0.39, 0.29) is 35.6 Å². The van der Waals surface area contributed by atoms with Gasteiger partial charge in [0.2, 0.25) is 0 Å². The summed E-state index contributed by atoms with van der Waals surface area (Å²) in [7, 11) is 0. The van der Waals surface area contributed by atoms with E-state index in [9.17, 15) is 15.0 Å². The molecule has 4 atom stereocenters. The van der Waals surface area contributed by atoms with Gasteiger partial charge in [0.1, 0.15) is 5.78 Å². The second-order valence-corrected chi connectivity index (χ2v) is 8.16. The van der Waals surface area contributed by atoms with Gasteiger partial charge < -0.3 is 10.2 Å². The lowest BCUT2D eigenvalue weighted by atomic mass is 9.62. The van der Waals surface area contributed by atoms with Crippen molar-refractivity contribution >= 4 is 5.78 Å². The molecule has 3 heteroatoms. The average Bonchev–Trinajstić information content (AvgIpc) is 2.84. The van der Waals surface area contributed by atoms with E-state index in [1.54, 1.807) is 0 Å². The van der Waals surface area contributed by atoms with Crippen molar-refractivity contribution in [3.05, 3.63) is 37.0 Å². The van der Waals surface area contributed by atoms with Crippen molar-refractivity contribution in [2.45, 2.75) is 83.3 Å². The molecule has 2 aliphatic carbocycles. The maximum Gasteiger partial charge on any atom is 0.139 e. The molecule has 2 N–H and O–H groups in total. The molecule has 2 aliphatic rings. The van der Waals surface area contributed by atoms with Crippen molar-refractivity contribution in [2.24, 2.45) is 17.3 Å². The predicted octanol–water partition coefficient (Wildman–Crippen LogP) is 4.74. The molecular weight excluding hydrogens is 324 g/mol. The number of carbonyl (C=O) groups excluding carboxylic acids is 1. The van der Waals surface area contributed by atoms with Gasteiger partial charge in [0.25, 0.3) is 0 Å². The van der Waals surface area contributed by atoms with Crippen LogP contribution in [0.25, 0.3) is 0 Å². The van der Waals surface area contributed by atoms with Gasteiger partial charge in [0.05, 0.1) is 12.2 Å². The van der Waals surface area contributed by atoms with Gasteiger partial charge in [-0.2, -0.15) is 0 Å². The van der Waals surface area contributed by atoms with E-state index in [4.69, 9.17) is 0 Å². The second kappa shape index (κ2) is 10.2. The molecule has 0 amide bonds. The van der Waals surface area contributed by atoms with E-state index in [2.05, 4.69) is 25.7 Å². The summed E-state index contributed by atoms with van der Waals surface area (Å²) in [5.41, 5.74) is -0.00236. The summed E-state index contributed by atoms with van der Waals surface area (Å²) in [4.78, 5) is 12.2. The van der Waals surface area contributed by atoms with E-state index in [0.717, 1.165) is 25.7 Å². The van der Waals surface area contributed by atoms with Crippen molar-refractivity contribution in [1.29, 1.82) is 0 Å². The fraction of sp³-hybridized carbons (Fsp3) is 0.696. The van der Waals surface area contributed by atoms with Crippen molar-refractivity contribution in [3.63, 3.8) is 0 Å². The highest BCUT2D eigenvalue weighted by molar-refractivity contribution is 5.84. The van der Waals surface area contributed by atoms with Gasteiger partial charge in [-0.05, 0) is 38.5 Å². The molecule has 0 aliphatic heterocycles. The van der Waals surface area contributed by atoms with E-state index >= 15 is 0 Å². The molecule has 0 heterocycles. The van der Waals surface area contributed by atoms with Crippen LogP contribution in [0.15, 0.2) is 37.0 Å². The maximum absolute atomic E-state index is 12.2. The number of unbranched alkanes of at least 4 members (excludes halogenated alkanes) is 2. The molecule has 146 valence electrons. The summed E-state index contributed by atoms with van der Waals surface area (Å²) in [6.07, 6.45) is 18.3. The lowest BCUT2D eigenvalue weighted by molar-refractivity contribution is -0.121. The molecule has 0 bridgehead atoms. The molecule has 0 aromatic rings. The Balaban J connectivity index is 1.90. The number of allylic oxidation sites excluding steroid dienone is 3. The highest BCUT2D eigenvalue weighted by Gasteiger charge is 2.42. The third kappa shape index (κ3) is 5.17. The Labute approximate surface area is 158 Å². The maximum atomic E-state index is 12.2. The van der Waals surface area contributed by atoms with E-state index < -0.39 is 6.10 Å². The molecule has 3 nitrogen and oxygen atoms in total. The minimum Gasteiger partial charge on any atom is -0.392 e. The topological polar surface area (TPSA) is 57.5 Å². The summed E-state index contributed by atoms with van der Waals surface area (Å²) in [5, 5.41) is 20.9. The first kappa shape index (κ1) is 21.1. The Morgan fingerprint density at radius 3 is 2.69 bits per heavy atom. The minimum absolute atomic E-state index is 0.00236. The monoisotopic (exact) mass is 360 g/mol. The van der Waals surface area contributed by atoms with Crippen LogP contribution in [0.5, 0.6) is 0 Å². The molecule has 0 spiro atoms. The largest absolute Gasteiger partial charge is 0.392 e. The number of ketones is 1. The van der Waals surface area contributed by atoms with Gasteiger partial charge >= 0.3 is 0 Å². The smallest absolute Gasteiger partial charge is 0.139 e. The normalized spacial score (nSPS) is 29.3. The van der Waals surface area contributed by atoms with Crippen molar-refractivity contribution in [2.75, 3.05) is 0 Å². The Hall–Kier alpha value is -1.19. The standard InChI is InChI=1S/C23H36O3/c1-3-5-6-7-8-11-18-19(21(25)17-20(18)24)12-9-13-22(26)23(14-4-2)15-10-16-23/h4,7-9,12,18-19,21-22,25-26H,2-3,5-6,10-11,13-17H2,1H3/t18-,19-,21-,22?/m1/s1. The number of aliphatic hydroxyl groups is 2. The van der Waals surface area contributed by atoms with Crippen LogP contribution in [0.1, 0.15) is 71.1 Å². The van der Waals surface area contributed by atoms with E-state index in [0.29, 0.717) is 12.8 Å². The molecule has 0 aromatic carbocycles. The van der Waals surface area contributed by atoms with Gasteiger partial charge in [-0.15, -0.1) is 6.58 Å². The van der Waals surface area contributed by atoms with Crippen LogP contribution in [-0.2, 0) is 4.79 Å². The van der Waals surface area contributed by atoms with Crippen LogP contribution >= 0.6 is 0 Å². The van der Waals surface area contributed by atoms with Crippen LogP contribution in [0, 0.1) is 17.3 Å². The Morgan fingerprint density at radius 2 is 2.08 bits per heavy atom. The number of Topliss-reactive ketones (excluding diaryl/α,β-unsaturated/α-hetero) is 1. The fourth-order valence-corrected chi connectivity index (χ4v) is 4.42. The summed E-state index contributed by atoms with van der Waals surface area (Å²) in [5.74, 6) is -0.0839. The zero-order valence-electron chi connectivity index (χ0n) is 16.3. The van der Waals surface area contributed by atoms with Crippen molar-refractivity contribution < 1.29 is 15.0 Å². The SMILES string of the molecule is C=CCC1(C(O)CC=C[C@H]2[C@H](O)CC(=O)[C@@H]2CC=CCCCC)CCC1. The number of hydrogen-bond acceptors (Lipinski definition) is 3. The highest BCUT2D eigenvalue weighted by atomic mass is 16.3. The van der Waals surface area contributed by atoms with Crippen molar-refractivity contribution in [3.8, 4) is 0 Å². The number of aliphatic hydroxyl groups excluding tert-OH is 2. The summed E-state index contributed by atoms with van der Waals surface area (Å²) >= 11 is 0. The second-order valence-electron chi connectivity index (χ2n) is 8.16. The zero-order valence-corrected chi connectivity index (χ0v) is 16.3. The molecule has 2 fully saturated rings. The zero-order chi connectivity index (χ0) is 19.0. The van der Waals surface area contributed by atoms with Crippen molar-refractivity contribution in [1.82, 2.24) is 0 Å². The van der Waals surface area contributed by atoms with E-state index in [1.165, 1.54) is 19.3 Å². The first-order valence-corrected chi connectivity index (χ1v) is 10.4. The third-order valence-corrected chi connectivity index (χ3v) is 6.34.